The molecule has 1 unspecified atom stereocenters. The fourth-order valence-corrected chi connectivity index (χ4v) is 6.31. The first-order valence-electron chi connectivity index (χ1n) is 11.3. The van der Waals surface area contributed by atoms with Gasteiger partial charge in [0.2, 0.25) is 0 Å². The predicted molar refractivity (Wildman–Crippen MR) is 111 cm³/mol. The molecule has 0 bridgehead atoms. The molecule has 0 aromatic heterocycles. The van der Waals surface area contributed by atoms with E-state index in [0.29, 0.717) is 18.4 Å². The molecular weight excluding hydrogens is 368 g/mol. The summed E-state index contributed by atoms with van der Waals surface area (Å²) < 4.78 is 11.7. The van der Waals surface area contributed by atoms with Crippen LogP contribution in [0, 0.1) is 17.3 Å². The Bertz CT molecular complexity index is 721. The summed E-state index contributed by atoms with van der Waals surface area (Å²) in [4.78, 5) is 0. The van der Waals surface area contributed by atoms with Gasteiger partial charge in [-0.25, -0.2) is 0 Å². The van der Waals surface area contributed by atoms with Crippen LogP contribution in [0.2, 0.25) is 0 Å². The minimum absolute atomic E-state index is 0.0534. The molecule has 2 fully saturated rings. The minimum Gasteiger partial charge on any atom is -0.465 e. The maximum Gasteiger partial charge on any atom is 0.196 e. The number of benzene rings is 1. The van der Waals surface area contributed by atoms with Gasteiger partial charge >= 0.3 is 0 Å². The molecule has 2 saturated carbocycles. The van der Waals surface area contributed by atoms with Crippen molar-refractivity contribution in [1.82, 2.24) is 0 Å². The third kappa shape index (κ3) is 3.60. The first-order valence-corrected chi connectivity index (χ1v) is 11.3. The lowest BCUT2D eigenvalue weighted by Gasteiger charge is -2.50. The highest BCUT2D eigenvalue weighted by molar-refractivity contribution is 5.41. The smallest absolute Gasteiger partial charge is 0.196 e. The lowest BCUT2D eigenvalue weighted by Crippen LogP contribution is -2.46. The van der Waals surface area contributed by atoms with Gasteiger partial charge in [-0.05, 0) is 80.0 Å². The van der Waals surface area contributed by atoms with Crippen molar-refractivity contribution in [3.63, 3.8) is 0 Å². The Balaban J connectivity index is 1.50. The Hall–Kier alpha value is -1.14. The lowest BCUT2D eigenvalue weighted by molar-refractivity contribution is -0.0675. The average molecular weight is 405 g/mol. The molecule has 0 aliphatic heterocycles. The van der Waals surface area contributed by atoms with E-state index in [2.05, 4.69) is 19.1 Å². The highest BCUT2D eigenvalue weighted by atomic mass is 16.7. The molecule has 0 amide bonds. The van der Waals surface area contributed by atoms with Crippen molar-refractivity contribution in [2.75, 3.05) is 6.61 Å². The summed E-state index contributed by atoms with van der Waals surface area (Å²) >= 11 is 0. The van der Waals surface area contributed by atoms with Crippen LogP contribution in [0.1, 0.15) is 69.9 Å². The first kappa shape index (κ1) is 21.1. The Morgan fingerprint density at radius 3 is 2.72 bits per heavy atom. The van der Waals surface area contributed by atoms with Crippen molar-refractivity contribution in [3.8, 4) is 5.75 Å². The fourth-order valence-electron chi connectivity index (χ4n) is 6.31. The van der Waals surface area contributed by atoms with E-state index >= 15 is 0 Å². The Labute approximate surface area is 174 Å². The van der Waals surface area contributed by atoms with Gasteiger partial charge < -0.3 is 24.8 Å². The van der Waals surface area contributed by atoms with E-state index in [4.69, 9.17) is 9.47 Å². The van der Waals surface area contributed by atoms with Crippen LogP contribution in [0.3, 0.4) is 0 Å². The topological polar surface area (TPSA) is 79.2 Å². The molecule has 0 saturated heterocycles. The maximum absolute atomic E-state index is 10.7. The number of aliphatic hydroxyl groups is 3. The summed E-state index contributed by atoms with van der Waals surface area (Å²) in [6, 6.07) is 6.36. The van der Waals surface area contributed by atoms with Crippen molar-refractivity contribution >= 4 is 0 Å². The lowest BCUT2D eigenvalue weighted by atomic mass is 9.55. The van der Waals surface area contributed by atoms with Crippen LogP contribution in [0.4, 0.5) is 0 Å². The van der Waals surface area contributed by atoms with Gasteiger partial charge in [0.1, 0.15) is 11.9 Å². The number of fused-ring (bicyclic) bond motifs is 5. The summed E-state index contributed by atoms with van der Waals surface area (Å²) in [7, 11) is 0. The number of unbranched alkanes of at least 4 members (excludes halogenated alkanes) is 1. The number of hydrogen-bond donors (Lipinski definition) is 3. The summed E-state index contributed by atoms with van der Waals surface area (Å²) in [6.07, 6.45) is 2.89. The van der Waals surface area contributed by atoms with Crippen LogP contribution in [-0.4, -0.2) is 46.5 Å². The van der Waals surface area contributed by atoms with E-state index in [1.165, 1.54) is 11.1 Å². The Morgan fingerprint density at radius 1 is 1.17 bits per heavy atom. The van der Waals surface area contributed by atoms with Gasteiger partial charge in [0, 0.05) is 5.41 Å². The van der Waals surface area contributed by atoms with E-state index in [-0.39, 0.29) is 12.2 Å². The molecule has 162 valence electrons. The van der Waals surface area contributed by atoms with Gasteiger partial charge in [0.15, 0.2) is 6.29 Å². The van der Waals surface area contributed by atoms with E-state index in [1.54, 1.807) is 0 Å². The molecule has 5 nitrogen and oxygen atoms in total. The van der Waals surface area contributed by atoms with E-state index in [9.17, 15) is 15.3 Å². The van der Waals surface area contributed by atoms with Crippen LogP contribution in [-0.2, 0) is 11.2 Å². The van der Waals surface area contributed by atoms with Gasteiger partial charge in [0.05, 0.1) is 18.8 Å². The van der Waals surface area contributed by atoms with Gasteiger partial charge in [-0.15, -0.1) is 0 Å². The molecule has 1 aromatic carbocycles. The predicted octanol–water partition coefficient (Wildman–Crippen LogP) is 3.39. The standard InChI is InChI=1S/C24H36O5/c1-4-5-12-28-14(2)29-16-7-9-17-15(13-16)6-8-19-18(17)10-11-24(3)20(19)21(25)22(26)23(24)27/h7,9,13-14,18-23,25-27H,4-6,8,10-12H2,1-3H3/t14?,18-,19-,20-,21-,22-,23+,24+/m1/s1. The van der Waals surface area contributed by atoms with Gasteiger partial charge in [0.25, 0.3) is 0 Å². The Kier molecular flexibility index (Phi) is 5.95. The zero-order chi connectivity index (χ0) is 20.8. The number of ether oxygens (including phenoxy) is 2. The summed E-state index contributed by atoms with van der Waals surface area (Å²) in [5.74, 6) is 1.46. The molecule has 0 heterocycles. The number of aliphatic hydroxyl groups excluding tert-OH is 3. The first-order chi connectivity index (χ1) is 13.9. The monoisotopic (exact) mass is 404 g/mol. The highest BCUT2D eigenvalue weighted by Crippen LogP contribution is 2.61. The summed E-state index contributed by atoms with van der Waals surface area (Å²) in [6.45, 7) is 6.84. The zero-order valence-electron chi connectivity index (χ0n) is 17.9. The molecule has 3 N–H and O–H groups in total. The van der Waals surface area contributed by atoms with Crippen LogP contribution in [0.5, 0.6) is 5.75 Å². The van der Waals surface area contributed by atoms with Crippen molar-refractivity contribution in [3.05, 3.63) is 29.3 Å². The van der Waals surface area contributed by atoms with Crippen molar-refractivity contribution in [2.45, 2.75) is 89.8 Å². The third-order valence-corrected chi connectivity index (χ3v) is 7.86. The SMILES string of the molecule is CCCCOC(C)Oc1ccc2c(c1)CC[C@H]1[C@@H]3[C@@H](O)[C@@H](O)[C@H](O)[C@@]3(C)CC[C@H]21. The molecule has 3 aliphatic carbocycles. The molecule has 0 spiro atoms. The largest absolute Gasteiger partial charge is 0.465 e. The minimum atomic E-state index is -1.03. The van der Waals surface area contributed by atoms with Crippen molar-refractivity contribution in [2.24, 2.45) is 17.3 Å². The van der Waals surface area contributed by atoms with E-state index in [1.807, 2.05) is 19.9 Å². The second-order valence-corrected chi connectivity index (χ2v) is 9.58. The maximum atomic E-state index is 10.7. The fraction of sp³-hybridized carbons (Fsp3) is 0.750. The van der Waals surface area contributed by atoms with Crippen LogP contribution < -0.4 is 4.74 Å². The van der Waals surface area contributed by atoms with Crippen molar-refractivity contribution in [1.29, 1.82) is 0 Å². The number of hydrogen-bond acceptors (Lipinski definition) is 5. The highest BCUT2D eigenvalue weighted by Gasteiger charge is 2.62. The quantitative estimate of drug-likeness (QED) is 0.500. The molecule has 0 radical (unpaired) electrons. The van der Waals surface area contributed by atoms with E-state index in [0.717, 1.165) is 44.3 Å². The second kappa shape index (κ2) is 8.18. The molecular formula is C24H36O5. The van der Waals surface area contributed by atoms with Crippen LogP contribution in [0.25, 0.3) is 0 Å². The van der Waals surface area contributed by atoms with Gasteiger partial charge in [-0.3, -0.25) is 0 Å². The third-order valence-electron chi connectivity index (χ3n) is 7.86. The summed E-state index contributed by atoms with van der Waals surface area (Å²) in [5, 5.41) is 31.6. The molecule has 3 aliphatic rings. The molecule has 1 aromatic rings. The van der Waals surface area contributed by atoms with Crippen LogP contribution in [0.15, 0.2) is 18.2 Å². The Morgan fingerprint density at radius 2 is 1.97 bits per heavy atom. The normalized spacial score (nSPS) is 39.4. The molecule has 8 atom stereocenters. The zero-order valence-corrected chi connectivity index (χ0v) is 17.9. The van der Waals surface area contributed by atoms with E-state index < -0.39 is 23.7 Å². The number of aryl methyl sites for hydroxylation is 1. The average Bonchev–Trinajstić information content (AvgIpc) is 2.88. The molecule has 5 heteroatoms. The molecule has 29 heavy (non-hydrogen) atoms. The number of rotatable bonds is 6. The van der Waals surface area contributed by atoms with Gasteiger partial charge in [-0.2, -0.15) is 0 Å². The van der Waals surface area contributed by atoms with Crippen molar-refractivity contribution < 1.29 is 24.8 Å². The second-order valence-electron chi connectivity index (χ2n) is 9.58. The van der Waals surface area contributed by atoms with Gasteiger partial charge in [-0.1, -0.05) is 26.3 Å². The molecule has 4 rings (SSSR count). The van der Waals surface area contributed by atoms with Crippen LogP contribution >= 0.6 is 0 Å². The summed E-state index contributed by atoms with van der Waals surface area (Å²) in [5.41, 5.74) is 2.27.